The van der Waals surface area contributed by atoms with Gasteiger partial charge in [-0.1, -0.05) is 97.4 Å². The summed E-state index contributed by atoms with van der Waals surface area (Å²) < 4.78 is 28.0. The van der Waals surface area contributed by atoms with Crippen molar-refractivity contribution in [3.8, 4) is 0 Å². The second-order valence-electron chi connectivity index (χ2n) is 7.90. The van der Waals surface area contributed by atoms with Crippen molar-refractivity contribution >= 4 is 32.0 Å². The van der Waals surface area contributed by atoms with E-state index in [0.29, 0.717) is 4.48 Å². The molecule has 0 aliphatic carbocycles. The van der Waals surface area contributed by atoms with Gasteiger partial charge in [-0.3, -0.25) is 0 Å². The van der Waals surface area contributed by atoms with Crippen LogP contribution in [0.1, 0.15) is 37.5 Å². The molecule has 2 rings (SSSR count). The number of sulfonamides is 1. The molecular weight excluding hydrogens is 434 g/mol. The zero-order chi connectivity index (χ0) is 20.9. The van der Waals surface area contributed by atoms with E-state index in [0.717, 1.165) is 11.1 Å². The molecule has 0 saturated heterocycles. The number of hydrogen-bond acceptors (Lipinski definition) is 2. The van der Waals surface area contributed by atoms with Gasteiger partial charge in [0.05, 0.1) is 4.90 Å². The third-order valence-electron chi connectivity index (χ3n) is 4.40. The van der Waals surface area contributed by atoms with Gasteiger partial charge in [0.2, 0.25) is 10.0 Å². The summed E-state index contributed by atoms with van der Waals surface area (Å²) in [6.07, 6.45) is 3.81. The van der Waals surface area contributed by atoms with Gasteiger partial charge < -0.3 is 0 Å². The molecule has 28 heavy (non-hydrogen) atoms. The lowest BCUT2D eigenvalue weighted by Crippen LogP contribution is -2.32. The van der Waals surface area contributed by atoms with Gasteiger partial charge >= 0.3 is 0 Å². The Morgan fingerprint density at radius 3 is 2.14 bits per heavy atom. The van der Waals surface area contributed by atoms with Crippen molar-refractivity contribution in [1.82, 2.24) is 4.31 Å². The van der Waals surface area contributed by atoms with Crippen molar-refractivity contribution in [1.29, 1.82) is 0 Å². The van der Waals surface area contributed by atoms with Gasteiger partial charge in [-0.15, -0.1) is 0 Å². The zero-order valence-corrected chi connectivity index (χ0v) is 19.3. The minimum atomic E-state index is -3.60. The monoisotopic (exact) mass is 461 g/mol. The average molecular weight is 462 g/mol. The van der Waals surface area contributed by atoms with Crippen LogP contribution in [0.4, 0.5) is 0 Å². The number of halogens is 1. The fourth-order valence-electron chi connectivity index (χ4n) is 2.70. The number of rotatable bonds is 7. The molecule has 0 unspecified atom stereocenters. The molecule has 2 aromatic rings. The maximum absolute atomic E-state index is 13.0. The van der Waals surface area contributed by atoms with Crippen molar-refractivity contribution in [3.05, 3.63) is 82.4 Å². The largest absolute Gasteiger partial charge is 0.243 e. The highest BCUT2D eigenvalue weighted by atomic mass is 79.9. The molecule has 0 amide bonds. The van der Waals surface area contributed by atoms with Crippen LogP contribution in [-0.2, 0) is 15.4 Å². The zero-order valence-electron chi connectivity index (χ0n) is 16.9. The van der Waals surface area contributed by atoms with Crippen molar-refractivity contribution in [2.24, 2.45) is 0 Å². The van der Waals surface area contributed by atoms with Crippen molar-refractivity contribution in [2.75, 3.05) is 13.1 Å². The van der Waals surface area contributed by atoms with Gasteiger partial charge in [0.25, 0.3) is 0 Å². The first-order chi connectivity index (χ1) is 13.0. The molecule has 0 atom stereocenters. The lowest BCUT2D eigenvalue weighted by atomic mass is 9.87. The highest BCUT2D eigenvalue weighted by Crippen LogP contribution is 2.23. The Morgan fingerprint density at radius 1 is 1.07 bits per heavy atom. The average Bonchev–Trinajstić information content (AvgIpc) is 2.60. The summed E-state index contributed by atoms with van der Waals surface area (Å²) in [5, 5.41) is 0. The van der Waals surface area contributed by atoms with Crippen LogP contribution in [0.5, 0.6) is 0 Å². The summed E-state index contributed by atoms with van der Waals surface area (Å²) in [7, 11) is -3.60. The Labute approximate surface area is 178 Å². The lowest BCUT2D eigenvalue weighted by Gasteiger charge is -2.20. The molecule has 2 aromatic carbocycles. The predicted molar refractivity (Wildman–Crippen MR) is 122 cm³/mol. The normalized spacial score (nSPS) is 12.6. The minimum Gasteiger partial charge on any atom is -0.207 e. The summed E-state index contributed by atoms with van der Waals surface area (Å²) in [5.41, 5.74) is 3.44. The Bertz CT molecular complexity index is 938. The molecule has 0 N–H and O–H groups in total. The quantitative estimate of drug-likeness (QED) is 0.513. The van der Waals surface area contributed by atoms with Crippen LogP contribution in [0.2, 0.25) is 0 Å². The van der Waals surface area contributed by atoms with E-state index in [1.165, 1.54) is 9.87 Å². The number of aryl methyl sites for hydroxylation is 1. The maximum Gasteiger partial charge on any atom is 0.243 e. The summed E-state index contributed by atoms with van der Waals surface area (Å²) >= 11 is 3.29. The molecule has 5 heteroatoms. The molecule has 150 valence electrons. The van der Waals surface area contributed by atoms with Crippen LogP contribution >= 0.6 is 15.9 Å². The number of nitrogens with zero attached hydrogens (tertiary/aromatic N) is 1. The highest BCUT2D eigenvalue weighted by Gasteiger charge is 2.23. The first-order valence-corrected chi connectivity index (χ1v) is 11.4. The first kappa shape index (κ1) is 22.6. The van der Waals surface area contributed by atoms with Gasteiger partial charge in [-0.05, 0) is 35.6 Å². The standard InChI is InChI=1S/C23H28BrNO2S/c1-18-8-14-22(15-9-18)28(26,27)25(17-19(2)24)16-6-7-20-10-12-21(13-11-20)23(3,4)5/h6-15H,2,16-17H2,1,3-5H3/b7-6+. The topological polar surface area (TPSA) is 37.4 Å². The first-order valence-electron chi connectivity index (χ1n) is 9.17. The third kappa shape index (κ3) is 6.16. The van der Waals surface area contributed by atoms with Crippen LogP contribution in [-0.4, -0.2) is 25.8 Å². The van der Waals surface area contributed by atoms with Gasteiger partial charge in [0.1, 0.15) is 0 Å². The van der Waals surface area contributed by atoms with Gasteiger partial charge in [0.15, 0.2) is 0 Å². The van der Waals surface area contributed by atoms with E-state index in [1.54, 1.807) is 24.3 Å². The van der Waals surface area contributed by atoms with Crippen LogP contribution in [0, 0.1) is 6.92 Å². The molecular formula is C23H28BrNO2S. The van der Waals surface area contributed by atoms with Crippen LogP contribution < -0.4 is 0 Å². The molecule has 0 aromatic heterocycles. The fraction of sp³-hybridized carbons (Fsp3) is 0.304. The summed E-state index contributed by atoms with van der Waals surface area (Å²) in [5.74, 6) is 0. The van der Waals surface area contributed by atoms with E-state index in [1.807, 2.05) is 19.1 Å². The molecule has 0 bridgehead atoms. The van der Waals surface area contributed by atoms with Crippen molar-refractivity contribution in [2.45, 2.75) is 38.0 Å². The molecule has 0 radical (unpaired) electrons. The van der Waals surface area contributed by atoms with Crippen LogP contribution in [0.3, 0.4) is 0 Å². The molecule has 0 aliphatic rings. The van der Waals surface area contributed by atoms with E-state index in [4.69, 9.17) is 0 Å². The van der Waals surface area contributed by atoms with Gasteiger partial charge in [0, 0.05) is 17.6 Å². The van der Waals surface area contributed by atoms with Crippen LogP contribution in [0.15, 0.2) is 70.6 Å². The Morgan fingerprint density at radius 2 is 1.64 bits per heavy atom. The lowest BCUT2D eigenvalue weighted by molar-refractivity contribution is 0.473. The van der Waals surface area contributed by atoms with E-state index < -0.39 is 10.0 Å². The highest BCUT2D eigenvalue weighted by molar-refractivity contribution is 9.11. The predicted octanol–water partition coefficient (Wildman–Crippen LogP) is 5.91. The second kappa shape index (κ2) is 9.21. The molecule has 0 fully saturated rings. The summed E-state index contributed by atoms with van der Waals surface area (Å²) in [6.45, 7) is 12.7. The summed E-state index contributed by atoms with van der Waals surface area (Å²) in [6, 6.07) is 15.2. The molecule has 0 spiro atoms. The van der Waals surface area contributed by atoms with Crippen molar-refractivity contribution in [3.63, 3.8) is 0 Å². The van der Waals surface area contributed by atoms with Gasteiger partial charge in [-0.25, -0.2) is 8.42 Å². The molecule has 0 saturated carbocycles. The second-order valence-corrected chi connectivity index (χ2v) is 11.0. The molecule has 0 heterocycles. The van der Waals surface area contributed by atoms with E-state index in [-0.39, 0.29) is 23.4 Å². The summed E-state index contributed by atoms with van der Waals surface area (Å²) in [4.78, 5) is 0.287. The Kier molecular flexibility index (Phi) is 7.43. The number of benzene rings is 2. The van der Waals surface area contributed by atoms with E-state index >= 15 is 0 Å². The smallest absolute Gasteiger partial charge is 0.207 e. The molecule has 3 nitrogen and oxygen atoms in total. The third-order valence-corrected chi connectivity index (χ3v) is 6.48. The number of hydrogen-bond donors (Lipinski definition) is 0. The SMILES string of the molecule is C=C(Br)CN(C/C=C/c1ccc(C(C)(C)C)cc1)S(=O)(=O)c1ccc(C)cc1. The Balaban J connectivity index is 2.19. The molecule has 0 aliphatic heterocycles. The van der Waals surface area contributed by atoms with E-state index in [2.05, 4.69) is 67.5 Å². The minimum absolute atomic E-state index is 0.109. The van der Waals surface area contributed by atoms with Gasteiger partial charge in [-0.2, -0.15) is 4.31 Å². The van der Waals surface area contributed by atoms with Crippen molar-refractivity contribution < 1.29 is 8.42 Å². The Hall–Kier alpha value is -1.69. The van der Waals surface area contributed by atoms with Crippen LogP contribution in [0.25, 0.3) is 6.08 Å². The van der Waals surface area contributed by atoms with E-state index in [9.17, 15) is 8.42 Å². The fourth-order valence-corrected chi connectivity index (χ4v) is 4.55. The maximum atomic E-state index is 13.0.